The molecule has 0 saturated heterocycles. The predicted octanol–water partition coefficient (Wildman–Crippen LogP) is 3.43. The Hall–Kier alpha value is -4.01. The Labute approximate surface area is 198 Å². The van der Waals surface area contributed by atoms with Crippen LogP contribution < -0.4 is 20.3 Å². The molecule has 2 N–H and O–H groups in total. The minimum absolute atomic E-state index is 0.0182. The van der Waals surface area contributed by atoms with Crippen molar-refractivity contribution in [3.8, 4) is 6.01 Å². The van der Waals surface area contributed by atoms with E-state index in [0.29, 0.717) is 42.6 Å². The molecule has 2 amide bonds. The van der Waals surface area contributed by atoms with Crippen molar-refractivity contribution in [2.24, 2.45) is 0 Å². The maximum absolute atomic E-state index is 13.1. The van der Waals surface area contributed by atoms with Gasteiger partial charge in [0.2, 0.25) is 5.91 Å². The van der Waals surface area contributed by atoms with Crippen LogP contribution in [0.15, 0.2) is 48.8 Å². The zero-order valence-corrected chi connectivity index (χ0v) is 19.8. The van der Waals surface area contributed by atoms with Gasteiger partial charge in [-0.05, 0) is 35.9 Å². The summed E-state index contributed by atoms with van der Waals surface area (Å²) in [5.41, 5.74) is 3.64. The van der Waals surface area contributed by atoms with E-state index in [0.717, 1.165) is 16.9 Å². The van der Waals surface area contributed by atoms with Crippen molar-refractivity contribution in [3.63, 3.8) is 0 Å². The van der Waals surface area contributed by atoms with E-state index >= 15 is 0 Å². The number of benzene rings is 1. The van der Waals surface area contributed by atoms with Crippen molar-refractivity contribution in [2.45, 2.75) is 32.6 Å². The molecule has 34 heavy (non-hydrogen) atoms. The van der Waals surface area contributed by atoms with Gasteiger partial charge in [-0.2, -0.15) is 0 Å². The van der Waals surface area contributed by atoms with Gasteiger partial charge in [0.25, 0.3) is 5.91 Å². The summed E-state index contributed by atoms with van der Waals surface area (Å²) in [4.78, 5) is 39.6. The van der Waals surface area contributed by atoms with Gasteiger partial charge in [-0.15, -0.1) is 0 Å². The van der Waals surface area contributed by atoms with E-state index in [1.165, 1.54) is 7.11 Å². The molecule has 3 aromatic rings. The topological polar surface area (TPSA) is 109 Å². The van der Waals surface area contributed by atoms with Gasteiger partial charge < -0.3 is 20.3 Å². The van der Waals surface area contributed by atoms with Gasteiger partial charge in [-0.25, -0.2) is 15.0 Å². The highest BCUT2D eigenvalue weighted by molar-refractivity contribution is 6.08. The van der Waals surface area contributed by atoms with Crippen molar-refractivity contribution in [1.29, 1.82) is 0 Å². The van der Waals surface area contributed by atoms with Crippen LogP contribution in [0.3, 0.4) is 0 Å². The predicted molar refractivity (Wildman–Crippen MR) is 130 cm³/mol. The van der Waals surface area contributed by atoms with Crippen LogP contribution in [0.4, 0.5) is 17.2 Å². The Bertz CT molecular complexity index is 1230. The second-order valence-electron chi connectivity index (χ2n) is 8.79. The van der Waals surface area contributed by atoms with Crippen LogP contribution in [0, 0.1) is 0 Å². The average Bonchev–Trinajstić information content (AvgIpc) is 3.10. The molecule has 0 aliphatic carbocycles. The standard InChI is InChI=1S/C25H28N6O3/c1-16(32)31-15-25(2,3)20-8-7-18(14-21(20)31)29-23(33)19-6-5-11-26-22(19)27-12-9-17-10-13-28-24(30-17)34-4/h5-8,10-11,13-14H,9,12,15H2,1-4H3,(H,26,27)(H,29,33). The van der Waals surface area contributed by atoms with Crippen molar-refractivity contribution < 1.29 is 14.3 Å². The van der Waals surface area contributed by atoms with Crippen molar-refractivity contribution >= 4 is 29.0 Å². The SMILES string of the molecule is COc1nccc(CCNc2ncccc2C(=O)Nc2ccc3c(c2)N(C(C)=O)CC3(C)C)n1. The van der Waals surface area contributed by atoms with Gasteiger partial charge in [-0.1, -0.05) is 19.9 Å². The Kier molecular flexibility index (Phi) is 6.45. The van der Waals surface area contributed by atoms with E-state index in [-0.39, 0.29) is 17.2 Å². The molecule has 0 atom stereocenters. The number of carbonyl (C=O) groups is 2. The van der Waals surface area contributed by atoms with Gasteiger partial charge in [-0.3, -0.25) is 9.59 Å². The summed E-state index contributed by atoms with van der Waals surface area (Å²) < 4.78 is 5.06. The zero-order valence-electron chi connectivity index (χ0n) is 19.8. The highest BCUT2D eigenvalue weighted by atomic mass is 16.5. The van der Waals surface area contributed by atoms with E-state index in [1.807, 2.05) is 24.3 Å². The molecule has 0 spiro atoms. The molecule has 0 bridgehead atoms. The minimum atomic E-state index is -0.286. The maximum atomic E-state index is 13.1. The van der Waals surface area contributed by atoms with Crippen LogP contribution in [0.2, 0.25) is 0 Å². The molecule has 4 rings (SSSR count). The van der Waals surface area contributed by atoms with E-state index in [2.05, 4.69) is 39.4 Å². The number of hydrogen-bond acceptors (Lipinski definition) is 7. The first kappa shape index (κ1) is 23.2. The molecular formula is C25H28N6O3. The Morgan fingerprint density at radius 3 is 2.74 bits per heavy atom. The molecule has 1 aliphatic rings. The third kappa shape index (κ3) is 4.83. The summed E-state index contributed by atoms with van der Waals surface area (Å²) >= 11 is 0. The normalized spacial score (nSPS) is 13.8. The average molecular weight is 461 g/mol. The number of hydrogen-bond donors (Lipinski definition) is 2. The van der Waals surface area contributed by atoms with Crippen molar-refractivity contribution in [1.82, 2.24) is 15.0 Å². The van der Waals surface area contributed by atoms with E-state index in [9.17, 15) is 9.59 Å². The number of nitrogens with zero attached hydrogens (tertiary/aromatic N) is 4. The summed E-state index contributed by atoms with van der Waals surface area (Å²) in [5, 5.41) is 6.16. The van der Waals surface area contributed by atoms with Crippen molar-refractivity contribution in [2.75, 3.05) is 35.7 Å². The molecule has 2 aromatic heterocycles. The first-order valence-corrected chi connectivity index (χ1v) is 11.1. The van der Waals surface area contributed by atoms with Crippen LogP contribution in [-0.2, 0) is 16.6 Å². The summed E-state index contributed by atoms with van der Waals surface area (Å²) in [6, 6.07) is 11.3. The second kappa shape index (κ2) is 9.46. The number of anilines is 3. The largest absolute Gasteiger partial charge is 0.467 e. The molecule has 0 radical (unpaired) electrons. The maximum Gasteiger partial charge on any atom is 0.316 e. The molecular weight excluding hydrogens is 432 g/mol. The van der Waals surface area contributed by atoms with Gasteiger partial charge in [0.15, 0.2) is 0 Å². The van der Waals surface area contributed by atoms with Gasteiger partial charge in [0.1, 0.15) is 5.82 Å². The quantitative estimate of drug-likeness (QED) is 0.556. The molecule has 9 heteroatoms. The fraction of sp³-hybridized carbons (Fsp3) is 0.320. The number of pyridine rings is 1. The second-order valence-corrected chi connectivity index (χ2v) is 8.79. The molecule has 9 nitrogen and oxygen atoms in total. The van der Waals surface area contributed by atoms with Crippen LogP contribution in [0.25, 0.3) is 0 Å². The van der Waals surface area contributed by atoms with Gasteiger partial charge in [0, 0.05) is 61.3 Å². The molecule has 176 valence electrons. The molecule has 1 aromatic carbocycles. The van der Waals surface area contributed by atoms with Gasteiger partial charge >= 0.3 is 6.01 Å². The molecule has 3 heterocycles. The number of fused-ring (bicyclic) bond motifs is 1. The summed E-state index contributed by atoms with van der Waals surface area (Å²) in [7, 11) is 1.52. The lowest BCUT2D eigenvalue weighted by Crippen LogP contribution is -2.32. The third-order valence-electron chi connectivity index (χ3n) is 5.81. The summed E-state index contributed by atoms with van der Waals surface area (Å²) in [5.74, 6) is 0.176. The van der Waals surface area contributed by atoms with Crippen molar-refractivity contribution in [3.05, 3.63) is 65.6 Å². The highest BCUT2D eigenvalue weighted by Gasteiger charge is 2.37. The Balaban J connectivity index is 1.47. The van der Waals surface area contributed by atoms with E-state index in [1.54, 1.807) is 36.4 Å². The number of nitrogens with one attached hydrogen (secondary N) is 2. The van der Waals surface area contributed by atoms with E-state index in [4.69, 9.17) is 4.74 Å². The number of amides is 2. The van der Waals surface area contributed by atoms with Crippen LogP contribution in [-0.4, -0.2) is 47.0 Å². The Morgan fingerprint density at radius 1 is 1.15 bits per heavy atom. The third-order valence-corrected chi connectivity index (χ3v) is 5.81. The summed E-state index contributed by atoms with van der Waals surface area (Å²) in [6.07, 6.45) is 3.89. The Morgan fingerprint density at radius 2 is 1.97 bits per heavy atom. The van der Waals surface area contributed by atoms with Crippen LogP contribution in [0.5, 0.6) is 6.01 Å². The lowest BCUT2D eigenvalue weighted by Gasteiger charge is -2.19. The first-order valence-electron chi connectivity index (χ1n) is 11.1. The molecule has 1 aliphatic heterocycles. The minimum Gasteiger partial charge on any atom is -0.467 e. The smallest absolute Gasteiger partial charge is 0.316 e. The lowest BCUT2D eigenvalue weighted by atomic mass is 9.87. The van der Waals surface area contributed by atoms with Crippen LogP contribution in [0.1, 0.15) is 42.4 Å². The molecule has 0 fully saturated rings. The first-order chi connectivity index (χ1) is 16.3. The van der Waals surface area contributed by atoms with E-state index < -0.39 is 0 Å². The fourth-order valence-electron chi connectivity index (χ4n) is 4.10. The number of carbonyl (C=O) groups excluding carboxylic acids is 2. The lowest BCUT2D eigenvalue weighted by molar-refractivity contribution is -0.116. The molecule has 0 saturated carbocycles. The van der Waals surface area contributed by atoms with Gasteiger partial charge in [0.05, 0.1) is 12.7 Å². The number of methoxy groups -OCH3 is 1. The monoisotopic (exact) mass is 460 g/mol. The number of rotatable bonds is 7. The summed E-state index contributed by atoms with van der Waals surface area (Å²) in [6.45, 7) is 6.92. The number of ether oxygens (including phenoxy) is 1. The molecule has 0 unspecified atom stereocenters. The van der Waals surface area contributed by atoms with Crippen LogP contribution >= 0.6 is 0 Å². The zero-order chi connectivity index (χ0) is 24.3. The number of aromatic nitrogens is 3. The highest BCUT2D eigenvalue weighted by Crippen LogP contribution is 2.41. The fourth-order valence-corrected chi connectivity index (χ4v) is 4.10.